The van der Waals surface area contributed by atoms with Crippen molar-refractivity contribution in [3.05, 3.63) is 251 Å². The number of carbonyl (C=O) groups excluding carboxylic acids is 9. The molecule has 0 saturated carbocycles. The van der Waals surface area contributed by atoms with Gasteiger partial charge >= 0.3 is 0 Å². The van der Waals surface area contributed by atoms with E-state index in [0.717, 1.165) is 5.56 Å². The van der Waals surface area contributed by atoms with Crippen LogP contribution < -0.4 is 0 Å². The van der Waals surface area contributed by atoms with Crippen molar-refractivity contribution in [1.82, 2.24) is 15.2 Å². The Labute approximate surface area is 497 Å². The number of ether oxygens (including phenoxy) is 3. The lowest BCUT2D eigenvalue weighted by Gasteiger charge is -2.39. The number of hydrogen-bond donors (Lipinski definition) is 2. The standard InChI is InChI=1S/C25H19ClO5.C22H18N2O4.C22H15NO4/c1-25(2)10-17(28)20-18(11-25)31-24-21(19(20)12-3-5-13(26)6-4-12)22(29)15-8-7-14(27)9-16(15)23(24)30;1-22(2)9-14(25)17-15(10-22)28-21-18(16(17)13-7-8-23-24-13)19(26)11-5-3-4-6-12(11)20(21)27;24-15-7-4-8-16-18(15)17(12-5-2-1-3-6-12)19-20(25)14-11-23-10-9-13(14)21(26)22(19)27-16/h3-9,19,27H,10-11H2,1-2H3;3-8,16H,9-10H2,1-2H3,(H,23,24);1-3,5-6,9-11,17H,4,7-8H2. The Morgan fingerprint density at radius 3 is 1.55 bits per heavy atom. The zero-order valence-electron chi connectivity index (χ0n) is 46.9. The fourth-order valence-electron chi connectivity index (χ4n) is 13.3. The zero-order valence-corrected chi connectivity index (χ0v) is 47.7. The van der Waals surface area contributed by atoms with Crippen molar-refractivity contribution in [2.24, 2.45) is 10.8 Å². The number of nitrogens with zero attached hydrogens (tertiary/aromatic N) is 2. The number of pyridine rings is 1. The number of hydrogen-bond acceptors (Lipinski definition) is 15. The third-order valence-electron chi connectivity index (χ3n) is 17.0. The molecule has 0 saturated heterocycles. The Balaban J connectivity index is 0.000000120. The number of nitrogens with one attached hydrogen (secondary N) is 1. The van der Waals surface area contributed by atoms with Crippen molar-refractivity contribution in [1.29, 1.82) is 0 Å². The Kier molecular flexibility index (Phi) is 13.4. The van der Waals surface area contributed by atoms with Crippen molar-refractivity contribution in [2.45, 2.75) is 90.4 Å². The molecule has 15 rings (SSSR count). The van der Waals surface area contributed by atoms with Crippen LogP contribution in [0.2, 0.25) is 5.02 Å². The van der Waals surface area contributed by atoms with Gasteiger partial charge in [0, 0.05) is 124 Å². The van der Waals surface area contributed by atoms with Crippen molar-refractivity contribution >= 4 is 63.7 Å². The van der Waals surface area contributed by atoms with Crippen LogP contribution in [0, 0.1) is 10.8 Å². The van der Waals surface area contributed by atoms with E-state index in [1.807, 2.05) is 58.0 Å². The Hall–Kier alpha value is -9.80. The molecule has 2 N–H and O–H groups in total. The molecule has 16 nitrogen and oxygen atoms in total. The lowest BCUT2D eigenvalue weighted by atomic mass is 9.67. The van der Waals surface area contributed by atoms with E-state index in [0.29, 0.717) is 112 Å². The fraction of sp³-hybridized carbons (Fsp3) is 0.232. The first-order valence-corrected chi connectivity index (χ1v) is 28.6. The smallest absolute Gasteiger partial charge is 0.229 e. The molecular formula is C69H52ClN3O13. The molecule has 6 aromatic rings. The van der Waals surface area contributed by atoms with Gasteiger partial charge in [0.1, 0.15) is 23.0 Å². The number of aromatic hydroxyl groups is 1. The maximum atomic E-state index is 13.5. The monoisotopic (exact) mass is 1170 g/mol. The summed E-state index contributed by atoms with van der Waals surface area (Å²) in [7, 11) is 0. The van der Waals surface area contributed by atoms with Crippen LogP contribution in [0.3, 0.4) is 0 Å². The first-order chi connectivity index (χ1) is 41.2. The molecule has 428 valence electrons. The first kappa shape index (κ1) is 55.4. The highest BCUT2D eigenvalue weighted by atomic mass is 35.5. The van der Waals surface area contributed by atoms with Crippen LogP contribution in [0.1, 0.15) is 169 Å². The van der Waals surface area contributed by atoms with E-state index in [1.54, 1.807) is 60.8 Å². The summed E-state index contributed by atoms with van der Waals surface area (Å²) < 4.78 is 17.9. The SMILES string of the molecule is CC1(C)CC(=O)C2=C(C1)OC1=C(C(=O)c3ccc(O)cc3C1=O)C2c1ccc(Cl)cc1.CC1(C)CC(=O)C2=C(C1)OC1=C(C(=O)c3ccccc3C1=O)C2c1ccn[nH]1.O=C1CCCC2=C1C(c1ccccc1)C1=C(O2)C(=O)c2ccncc2C1=O. The van der Waals surface area contributed by atoms with Crippen molar-refractivity contribution in [3.63, 3.8) is 0 Å². The minimum atomic E-state index is -0.710. The number of aromatic amines is 1. The van der Waals surface area contributed by atoms with Gasteiger partial charge in [0.15, 0.2) is 52.0 Å². The molecule has 86 heavy (non-hydrogen) atoms. The van der Waals surface area contributed by atoms with Gasteiger partial charge in [-0.25, -0.2) is 0 Å². The number of Topliss-reactive ketones (excluding diaryl/α,β-unsaturated/α-hetero) is 9. The minimum Gasteiger partial charge on any atom is -0.508 e. The molecule has 2 aromatic heterocycles. The minimum absolute atomic E-state index is 0.0196. The van der Waals surface area contributed by atoms with Gasteiger partial charge in [0.2, 0.25) is 17.3 Å². The predicted octanol–water partition coefficient (Wildman–Crippen LogP) is 12.2. The van der Waals surface area contributed by atoms with Gasteiger partial charge in [-0.15, -0.1) is 0 Å². The third-order valence-corrected chi connectivity index (χ3v) is 17.3. The lowest BCUT2D eigenvalue weighted by molar-refractivity contribution is -0.119. The van der Waals surface area contributed by atoms with Gasteiger partial charge in [-0.1, -0.05) is 106 Å². The summed E-state index contributed by atoms with van der Waals surface area (Å²) in [6.07, 6.45) is 7.86. The van der Waals surface area contributed by atoms with Crippen LogP contribution in [0.25, 0.3) is 0 Å². The highest BCUT2D eigenvalue weighted by Gasteiger charge is 2.52. The molecule has 0 fully saturated rings. The molecule has 0 spiro atoms. The summed E-state index contributed by atoms with van der Waals surface area (Å²) in [6, 6.07) is 30.4. The maximum Gasteiger partial charge on any atom is 0.229 e. The molecule has 0 radical (unpaired) electrons. The molecule has 3 unspecified atom stereocenters. The van der Waals surface area contributed by atoms with Crippen LogP contribution in [-0.2, 0) is 28.6 Å². The number of rotatable bonds is 3. The van der Waals surface area contributed by atoms with E-state index in [9.17, 15) is 48.3 Å². The maximum absolute atomic E-state index is 13.5. The predicted molar refractivity (Wildman–Crippen MR) is 310 cm³/mol. The molecule has 17 heteroatoms. The summed E-state index contributed by atoms with van der Waals surface area (Å²) in [4.78, 5) is 123. The number of benzene rings is 4. The molecule has 5 heterocycles. The number of allylic oxidation sites excluding steroid dienone is 12. The Morgan fingerprint density at radius 1 is 0.465 bits per heavy atom. The molecule has 0 amide bonds. The molecule has 3 aliphatic heterocycles. The van der Waals surface area contributed by atoms with Crippen molar-refractivity contribution in [3.8, 4) is 5.75 Å². The average molecular weight is 1170 g/mol. The summed E-state index contributed by atoms with van der Waals surface area (Å²) in [6.45, 7) is 7.94. The Morgan fingerprint density at radius 2 is 0.953 bits per heavy atom. The number of phenolic OH excluding ortho intramolecular Hbond substituents is 1. The van der Waals surface area contributed by atoms with Crippen LogP contribution in [0.4, 0.5) is 0 Å². The molecule has 9 aliphatic rings. The molecule has 6 aliphatic carbocycles. The van der Waals surface area contributed by atoms with Gasteiger partial charge < -0.3 is 19.3 Å². The Bertz CT molecular complexity index is 4320. The van der Waals surface area contributed by atoms with E-state index >= 15 is 0 Å². The van der Waals surface area contributed by atoms with Crippen LogP contribution in [0.15, 0.2) is 196 Å². The number of phenols is 1. The number of H-pyrrole nitrogens is 1. The number of carbonyl (C=O) groups is 9. The van der Waals surface area contributed by atoms with Gasteiger partial charge in [-0.2, -0.15) is 5.10 Å². The normalized spacial score (nSPS) is 22.2. The average Bonchev–Trinajstić information content (AvgIpc) is 0.847. The molecule has 0 bridgehead atoms. The topological polar surface area (TPSA) is 243 Å². The first-order valence-electron chi connectivity index (χ1n) is 28.2. The van der Waals surface area contributed by atoms with Crippen LogP contribution in [0.5, 0.6) is 5.75 Å². The number of ketones is 9. The van der Waals surface area contributed by atoms with Crippen LogP contribution >= 0.6 is 11.6 Å². The van der Waals surface area contributed by atoms with Crippen molar-refractivity contribution < 1.29 is 62.5 Å². The largest absolute Gasteiger partial charge is 0.508 e. The lowest BCUT2D eigenvalue weighted by Crippen LogP contribution is -2.37. The summed E-state index contributed by atoms with van der Waals surface area (Å²) >= 11 is 6.06. The van der Waals surface area contributed by atoms with E-state index < -0.39 is 23.5 Å². The second-order valence-electron chi connectivity index (χ2n) is 24.1. The van der Waals surface area contributed by atoms with Gasteiger partial charge in [-0.3, -0.25) is 53.2 Å². The van der Waals surface area contributed by atoms with E-state index in [2.05, 4.69) is 15.2 Å². The molecule has 4 aromatic carbocycles. The second kappa shape index (κ2) is 20.8. The fourth-order valence-corrected chi connectivity index (χ4v) is 13.4. The van der Waals surface area contributed by atoms with Gasteiger partial charge in [0.05, 0.1) is 28.2 Å². The summed E-state index contributed by atoms with van der Waals surface area (Å²) in [5.41, 5.74) is 5.09. The number of halogens is 1. The van der Waals surface area contributed by atoms with Gasteiger partial charge in [0.25, 0.3) is 0 Å². The van der Waals surface area contributed by atoms with Crippen LogP contribution in [-0.4, -0.2) is 72.3 Å². The van der Waals surface area contributed by atoms with E-state index in [1.165, 1.54) is 36.7 Å². The number of fused-ring (bicyclic) bond motifs is 3. The number of aromatic nitrogens is 3. The van der Waals surface area contributed by atoms with E-state index in [4.69, 9.17) is 25.8 Å². The van der Waals surface area contributed by atoms with E-state index in [-0.39, 0.29) is 114 Å². The highest BCUT2D eigenvalue weighted by molar-refractivity contribution is 6.31. The summed E-state index contributed by atoms with van der Waals surface area (Å²) in [5, 5.41) is 17.3. The molecular weight excluding hydrogens is 1110 g/mol. The van der Waals surface area contributed by atoms with Crippen molar-refractivity contribution in [2.75, 3.05) is 0 Å². The van der Waals surface area contributed by atoms with Gasteiger partial charge in [-0.05, 0) is 70.8 Å². The third kappa shape index (κ3) is 9.17. The molecule has 3 atom stereocenters. The second-order valence-corrected chi connectivity index (χ2v) is 24.6. The zero-order chi connectivity index (χ0) is 60.2. The highest BCUT2D eigenvalue weighted by Crippen LogP contribution is 2.54. The summed E-state index contributed by atoms with van der Waals surface area (Å²) in [5.74, 6) is -2.85. The quantitative estimate of drug-likeness (QED) is 0.167.